The quantitative estimate of drug-likeness (QED) is 0.817. The van der Waals surface area contributed by atoms with E-state index >= 15 is 0 Å². The maximum Gasteiger partial charge on any atom is 0.257 e. The summed E-state index contributed by atoms with van der Waals surface area (Å²) >= 11 is 1.52. The average molecular weight is 394 g/mol. The summed E-state index contributed by atoms with van der Waals surface area (Å²) in [7, 11) is -3.28. The number of hydrogen-bond donors (Lipinski definition) is 1. The van der Waals surface area contributed by atoms with Crippen LogP contribution in [0.5, 0.6) is 0 Å². The number of thiazole rings is 1. The summed E-state index contributed by atoms with van der Waals surface area (Å²) in [4.78, 5) is 18.3. The van der Waals surface area contributed by atoms with Crippen LogP contribution in [-0.4, -0.2) is 32.1 Å². The zero-order valence-corrected chi connectivity index (χ0v) is 16.8. The molecule has 0 atom stereocenters. The van der Waals surface area contributed by atoms with E-state index in [0.717, 1.165) is 30.5 Å². The molecule has 1 aliphatic rings. The van der Waals surface area contributed by atoms with Crippen molar-refractivity contribution in [2.75, 3.05) is 22.4 Å². The minimum atomic E-state index is -3.28. The first kappa shape index (κ1) is 18.8. The molecule has 1 aromatic carbocycles. The Bertz CT molecular complexity index is 935. The number of fused-ring (bicyclic) bond motifs is 1. The van der Waals surface area contributed by atoms with E-state index in [-0.39, 0.29) is 5.91 Å². The molecule has 0 spiro atoms. The van der Waals surface area contributed by atoms with Crippen molar-refractivity contribution >= 4 is 38.1 Å². The van der Waals surface area contributed by atoms with Gasteiger partial charge in [0.05, 0.1) is 17.6 Å². The molecule has 0 saturated heterocycles. The van der Waals surface area contributed by atoms with Crippen molar-refractivity contribution < 1.29 is 13.2 Å². The van der Waals surface area contributed by atoms with Crippen LogP contribution >= 0.6 is 11.3 Å². The molecular formula is C18H23N3O3S2. The van der Waals surface area contributed by atoms with Crippen LogP contribution in [0.1, 0.15) is 46.8 Å². The highest BCUT2D eigenvalue weighted by Crippen LogP contribution is 2.31. The fourth-order valence-corrected chi connectivity index (χ4v) is 5.07. The van der Waals surface area contributed by atoms with Gasteiger partial charge in [-0.3, -0.25) is 14.4 Å². The zero-order valence-electron chi connectivity index (χ0n) is 15.2. The van der Waals surface area contributed by atoms with Crippen molar-refractivity contribution in [1.82, 2.24) is 4.98 Å². The molecule has 1 amide bonds. The van der Waals surface area contributed by atoms with Gasteiger partial charge in [0.1, 0.15) is 0 Å². The van der Waals surface area contributed by atoms with Crippen molar-refractivity contribution in [3.8, 4) is 0 Å². The first-order valence-electron chi connectivity index (χ1n) is 8.74. The van der Waals surface area contributed by atoms with Gasteiger partial charge in [-0.25, -0.2) is 13.4 Å². The van der Waals surface area contributed by atoms with Gasteiger partial charge in [-0.1, -0.05) is 20.3 Å². The third-order valence-electron chi connectivity index (χ3n) is 4.40. The number of nitrogens with zero attached hydrogens (tertiary/aromatic N) is 2. The zero-order chi connectivity index (χ0) is 18.9. The fourth-order valence-electron chi connectivity index (χ4n) is 3.17. The number of benzene rings is 1. The van der Waals surface area contributed by atoms with Gasteiger partial charge < -0.3 is 0 Å². The molecule has 1 aliphatic heterocycles. The molecule has 1 aromatic heterocycles. The van der Waals surface area contributed by atoms with E-state index in [0.29, 0.717) is 29.3 Å². The molecule has 0 aliphatic carbocycles. The first-order chi connectivity index (χ1) is 12.3. The molecule has 1 N–H and O–H groups in total. The number of carbonyl (C=O) groups excluding carboxylic acids is 1. The van der Waals surface area contributed by atoms with Crippen molar-refractivity contribution in [3.05, 3.63) is 39.9 Å². The molecule has 0 radical (unpaired) electrons. The van der Waals surface area contributed by atoms with Crippen LogP contribution in [0.2, 0.25) is 0 Å². The van der Waals surface area contributed by atoms with Crippen LogP contribution < -0.4 is 9.62 Å². The van der Waals surface area contributed by atoms with Gasteiger partial charge in [0.25, 0.3) is 5.91 Å². The molecule has 8 heteroatoms. The molecular weight excluding hydrogens is 370 g/mol. The second kappa shape index (κ2) is 7.36. The monoisotopic (exact) mass is 393 g/mol. The van der Waals surface area contributed by atoms with Gasteiger partial charge in [0, 0.05) is 17.0 Å². The minimum Gasteiger partial charge on any atom is -0.298 e. The number of aromatic nitrogens is 1. The Balaban J connectivity index is 1.80. The SMILES string of the molecule is CCCc1nc(NC(=O)c2ccc3c(c2)CCN3S(C)(=O)=O)sc1CC. The molecule has 0 fully saturated rings. The maximum atomic E-state index is 12.6. The van der Waals surface area contributed by atoms with E-state index in [1.165, 1.54) is 26.8 Å². The first-order valence-corrected chi connectivity index (χ1v) is 11.4. The van der Waals surface area contributed by atoms with Crippen molar-refractivity contribution in [2.24, 2.45) is 0 Å². The van der Waals surface area contributed by atoms with Crippen LogP contribution in [0.15, 0.2) is 18.2 Å². The highest BCUT2D eigenvalue weighted by Gasteiger charge is 2.26. The molecule has 140 valence electrons. The number of aryl methyl sites for hydroxylation is 2. The lowest BCUT2D eigenvalue weighted by molar-refractivity contribution is 0.102. The molecule has 6 nitrogen and oxygen atoms in total. The topological polar surface area (TPSA) is 79.4 Å². The molecule has 26 heavy (non-hydrogen) atoms. The number of nitrogens with one attached hydrogen (secondary N) is 1. The van der Waals surface area contributed by atoms with Crippen LogP contribution in [-0.2, 0) is 29.3 Å². The summed E-state index contributed by atoms with van der Waals surface area (Å²) in [6.07, 6.45) is 4.65. The van der Waals surface area contributed by atoms with E-state index in [1.54, 1.807) is 18.2 Å². The standard InChI is InChI=1S/C18H23N3O3S2/c1-4-6-14-16(5-2)25-18(19-14)20-17(22)13-7-8-15-12(11-13)9-10-21(15)26(3,23)24/h7-8,11H,4-6,9-10H2,1-3H3,(H,19,20,22). The Hall–Kier alpha value is -1.93. The number of rotatable bonds is 6. The van der Waals surface area contributed by atoms with Gasteiger partial charge in [-0.05, 0) is 43.0 Å². The lowest BCUT2D eigenvalue weighted by Crippen LogP contribution is -2.27. The second-order valence-corrected chi connectivity index (χ2v) is 9.37. The number of carbonyl (C=O) groups is 1. The summed E-state index contributed by atoms with van der Waals surface area (Å²) < 4.78 is 25.0. The van der Waals surface area contributed by atoms with Crippen LogP contribution in [0.3, 0.4) is 0 Å². The van der Waals surface area contributed by atoms with E-state index in [2.05, 4.69) is 24.1 Å². The highest BCUT2D eigenvalue weighted by atomic mass is 32.2. The Labute approximate surface area is 158 Å². The Morgan fingerprint density at radius 2 is 2.12 bits per heavy atom. The van der Waals surface area contributed by atoms with Crippen molar-refractivity contribution in [1.29, 1.82) is 0 Å². The lowest BCUT2D eigenvalue weighted by Gasteiger charge is -2.16. The summed E-state index contributed by atoms with van der Waals surface area (Å²) in [6.45, 7) is 4.62. The summed E-state index contributed by atoms with van der Waals surface area (Å²) in [5, 5.41) is 3.50. The summed E-state index contributed by atoms with van der Waals surface area (Å²) in [5.41, 5.74) is 3.12. The highest BCUT2D eigenvalue weighted by molar-refractivity contribution is 7.92. The summed E-state index contributed by atoms with van der Waals surface area (Å²) in [5.74, 6) is -0.218. The largest absolute Gasteiger partial charge is 0.298 e. The van der Waals surface area contributed by atoms with Crippen LogP contribution in [0.25, 0.3) is 0 Å². The third kappa shape index (κ3) is 3.76. The van der Waals surface area contributed by atoms with Crippen LogP contribution in [0.4, 0.5) is 10.8 Å². The average Bonchev–Trinajstić information content (AvgIpc) is 3.17. The van der Waals surface area contributed by atoms with Crippen LogP contribution in [0, 0.1) is 0 Å². The Morgan fingerprint density at radius 3 is 2.77 bits per heavy atom. The van der Waals surface area contributed by atoms with Crippen molar-refractivity contribution in [2.45, 2.75) is 39.5 Å². The number of amides is 1. The Kier molecular flexibility index (Phi) is 5.34. The van der Waals surface area contributed by atoms with E-state index in [1.807, 2.05) is 0 Å². The lowest BCUT2D eigenvalue weighted by atomic mass is 10.1. The molecule has 0 bridgehead atoms. The number of hydrogen-bond acceptors (Lipinski definition) is 5. The predicted molar refractivity (Wildman–Crippen MR) is 106 cm³/mol. The minimum absolute atomic E-state index is 0.218. The van der Waals surface area contributed by atoms with E-state index in [9.17, 15) is 13.2 Å². The van der Waals surface area contributed by atoms with Gasteiger partial charge in [0.2, 0.25) is 10.0 Å². The van der Waals surface area contributed by atoms with E-state index in [4.69, 9.17) is 0 Å². The normalized spacial score (nSPS) is 13.7. The molecule has 2 heterocycles. The second-order valence-electron chi connectivity index (χ2n) is 6.38. The van der Waals surface area contributed by atoms with Crippen molar-refractivity contribution in [3.63, 3.8) is 0 Å². The predicted octanol–water partition coefficient (Wildman–Crippen LogP) is 3.23. The van der Waals surface area contributed by atoms with Gasteiger partial charge >= 0.3 is 0 Å². The Morgan fingerprint density at radius 1 is 1.35 bits per heavy atom. The molecule has 3 rings (SSSR count). The van der Waals surface area contributed by atoms with Gasteiger partial charge in [0.15, 0.2) is 5.13 Å². The molecule has 0 saturated carbocycles. The third-order valence-corrected chi connectivity index (χ3v) is 6.74. The fraction of sp³-hybridized carbons (Fsp3) is 0.444. The van der Waals surface area contributed by atoms with E-state index < -0.39 is 10.0 Å². The number of anilines is 2. The maximum absolute atomic E-state index is 12.6. The van der Waals surface area contributed by atoms with Gasteiger partial charge in [-0.2, -0.15) is 0 Å². The molecule has 0 unspecified atom stereocenters. The smallest absolute Gasteiger partial charge is 0.257 e. The summed E-state index contributed by atoms with van der Waals surface area (Å²) in [6, 6.07) is 5.15. The number of sulfonamides is 1. The van der Waals surface area contributed by atoms with Gasteiger partial charge in [-0.15, -0.1) is 11.3 Å². The molecule has 2 aromatic rings.